The van der Waals surface area contributed by atoms with E-state index in [4.69, 9.17) is 4.74 Å². The van der Waals surface area contributed by atoms with Crippen LogP contribution in [0.4, 0.5) is 0 Å². The highest BCUT2D eigenvalue weighted by atomic mass is 16.5. The van der Waals surface area contributed by atoms with E-state index >= 15 is 0 Å². The van der Waals surface area contributed by atoms with Crippen molar-refractivity contribution in [1.29, 1.82) is 0 Å². The second-order valence-corrected chi connectivity index (χ2v) is 5.51. The smallest absolute Gasteiger partial charge is 0.0624 e. The molecule has 0 saturated carbocycles. The van der Waals surface area contributed by atoms with Crippen molar-refractivity contribution in [3.05, 3.63) is 17.5 Å². The van der Waals surface area contributed by atoms with Crippen LogP contribution in [0.15, 0.2) is 6.07 Å². The molecule has 1 atom stereocenters. The molecule has 4 nitrogen and oxygen atoms in total. The SMILES string of the molecule is CCc1cc(CC(CNCCOC)C(C)C)n(C)n1. The molecule has 1 unspecified atom stereocenters. The molecule has 1 aromatic heterocycles. The van der Waals surface area contributed by atoms with Gasteiger partial charge < -0.3 is 10.1 Å². The van der Waals surface area contributed by atoms with E-state index < -0.39 is 0 Å². The average molecular weight is 267 g/mol. The summed E-state index contributed by atoms with van der Waals surface area (Å²) < 4.78 is 7.09. The number of aryl methyl sites for hydroxylation is 2. The van der Waals surface area contributed by atoms with Crippen molar-refractivity contribution >= 4 is 0 Å². The lowest BCUT2D eigenvalue weighted by atomic mass is 9.91. The molecule has 0 saturated heterocycles. The number of nitrogens with zero attached hydrogens (tertiary/aromatic N) is 2. The predicted molar refractivity (Wildman–Crippen MR) is 79.4 cm³/mol. The molecular formula is C15H29N3O. The van der Waals surface area contributed by atoms with Gasteiger partial charge >= 0.3 is 0 Å². The fraction of sp³-hybridized carbons (Fsp3) is 0.800. The molecule has 0 aliphatic rings. The first kappa shape index (κ1) is 16.2. The number of methoxy groups -OCH3 is 1. The van der Waals surface area contributed by atoms with Crippen LogP contribution >= 0.6 is 0 Å². The number of hydrogen-bond donors (Lipinski definition) is 1. The first-order chi connectivity index (χ1) is 9.08. The Labute approximate surface area is 117 Å². The quantitative estimate of drug-likeness (QED) is 0.696. The molecule has 19 heavy (non-hydrogen) atoms. The zero-order valence-corrected chi connectivity index (χ0v) is 13.1. The lowest BCUT2D eigenvalue weighted by molar-refractivity contribution is 0.196. The van der Waals surface area contributed by atoms with Crippen LogP contribution < -0.4 is 5.32 Å². The zero-order chi connectivity index (χ0) is 14.3. The molecule has 0 spiro atoms. The van der Waals surface area contributed by atoms with E-state index in [0.29, 0.717) is 11.8 Å². The summed E-state index contributed by atoms with van der Waals surface area (Å²) in [6.07, 6.45) is 2.09. The van der Waals surface area contributed by atoms with Crippen molar-refractivity contribution in [2.45, 2.75) is 33.6 Å². The maximum Gasteiger partial charge on any atom is 0.0624 e. The van der Waals surface area contributed by atoms with Crippen LogP contribution in [0.5, 0.6) is 0 Å². The van der Waals surface area contributed by atoms with Crippen LogP contribution in [-0.4, -0.2) is 36.6 Å². The van der Waals surface area contributed by atoms with Gasteiger partial charge in [-0.05, 0) is 37.3 Å². The molecule has 1 aromatic rings. The third-order valence-electron chi connectivity index (χ3n) is 3.69. The number of aromatic nitrogens is 2. The van der Waals surface area contributed by atoms with Gasteiger partial charge in [0.05, 0.1) is 12.3 Å². The van der Waals surface area contributed by atoms with Crippen LogP contribution in [0.25, 0.3) is 0 Å². The standard InChI is InChI=1S/C15H29N3O/c1-6-14-10-15(18(4)17-14)9-13(12(2)3)11-16-7-8-19-5/h10,12-13,16H,6-9,11H2,1-5H3. The van der Waals surface area contributed by atoms with Crippen molar-refractivity contribution in [2.75, 3.05) is 26.8 Å². The van der Waals surface area contributed by atoms with Gasteiger partial charge in [-0.3, -0.25) is 4.68 Å². The molecule has 1 heterocycles. The molecule has 0 aliphatic carbocycles. The van der Waals surface area contributed by atoms with Crippen LogP contribution in [0.1, 0.15) is 32.2 Å². The third kappa shape index (κ3) is 5.33. The predicted octanol–water partition coefficient (Wildman–Crippen LogP) is 2.03. The molecule has 0 amide bonds. The number of nitrogens with one attached hydrogen (secondary N) is 1. The number of hydrogen-bond acceptors (Lipinski definition) is 3. The molecule has 0 aromatic carbocycles. The molecular weight excluding hydrogens is 238 g/mol. The minimum atomic E-state index is 0.636. The summed E-state index contributed by atoms with van der Waals surface area (Å²) in [6, 6.07) is 2.24. The van der Waals surface area contributed by atoms with Gasteiger partial charge in [0.2, 0.25) is 0 Å². The van der Waals surface area contributed by atoms with Crippen molar-refractivity contribution in [3.8, 4) is 0 Å². The molecule has 0 aliphatic heterocycles. The Bertz CT molecular complexity index is 360. The van der Waals surface area contributed by atoms with Gasteiger partial charge in [-0.15, -0.1) is 0 Å². The highest BCUT2D eigenvalue weighted by molar-refractivity contribution is 5.11. The maximum atomic E-state index is 5.06. The summed E-state index contributed by atoms with van der Waals surface area (Å²) >= 11 is 0. The van der Waals surface area contributed by atoms with Crippen molar-refractivity contribution in [3.63, 3.8) is 0 Å². The summed E-state index contributed by atoms with van der Waals surface area (Å²) in [7, 11) is 3.79. The van der Waals surface area contributed by atoms with E-state index in [-0.39, 0.29) is 0 Å². The lowest BCUT2D eigenvalue weighted by Gasteiger charge is -2.21. The van der Waals surface area contributed by atoms with Crippen molar-refractivity contribution < 1.29 is 4.74 Å². The Hall–Kier alpha value is -0.870. The summed E-state index contributed by atoms with van der Waals surface area (Å²) in [6.45, 7) is 9.47. The van der Waals surface area contributed by atoms with E-state index in [1.54, 1.807) is 7.11 Å². The highest BCUT2D eigenvalue weighted by Crippen LogP contribution is 2.17. The van der Waals surface area contributed by atoms with Gasteiger partial charge in [0.25, 0.3) is 0 Å². The van der Waals surface area contributed by atoms with Gasteiger partial charge in [0.15, 0.2) is 0 Å². The Morgan fingerprint density at radius 2 is 2.16 bits per heavy atom. The average Bonchev–Trinajstić information content (AvgIpc) is 2.73. The summed E-state index contributed by atoms with van der Waals surface area (Å²) in [5, 5.41) is 8.00. The van der Waals surface area contributed by atoms with Gasteiger partial charge in [-0.1, -0.05) is 20.8 Å². The van der Waals surface area contributed by atoms with E-state index in [0.717, 1.165) is 32.5 Å². The largest absolute Gasteiger partial charge is 0.383 e. The van der Waals surface area contributed by atoms with Crippen LogP contribution in [0.3, 0.4) is 0 Å². The van der Waals surface area contributed by atoms with Gasteiger partial charge in [0.1, 0.15) is 0 Å². The van der Waals surface area contributed by atoms with Crippen LogP contribution in [0, 0.1) is 11.8 Å². The monoisotopic (exact) mass is 267 g/mol. The first-order valence-electron chi connectivity index (χ1n) is 7.29. The molecule has 0 bridgehead atoms. The number of ether oxygens (including phenoxy) is 1. The Balaban J connectivity index is 2.54. The normalized spacial score (nSPS) is 13.2. The first-order valence-corrected chi connectivity index (χ1v) is 7.29. The van der Waals surface area contributed by atoms with Gasteiger partial charge in [-0.25, -0.2) is 0 Å². The Kier molecular flexibility index (Phi) is 7.10. The molecule has 4 heteroatoms. The Morgan fingerprint density at radius 3 is 2.68 bits per heavy atom. The topological polar surface area (TPSA) is 39.1 Å². The van der Waals surface area contributed by atoms with Crippen LogP contribution in [0.2, 0.25) is 0 Å². The molecule has 0 fully saturated rings. The summed E-state index contributed by atoms with van der Waals surface area (Å²) in [5.74, 6) is 1.30. The van der Waals surface area contributed by atoms with E-state index in [9.17, 15) is 0 Å². The molecule has 110 valence electrons. The fourth-order valence-corrected chi connectivity index (χ4v) is 2.21. The Morgan fingerprint density at radius 1 is 1.42 bits per heavy atom. The second-order valence-electron chi connectivity index (χ2n) is 5.51. The van der Waals surface area contributed by atoms with E-state index in [1.807, 2.05) is 11.7 Å². The molecule has 0 radical (unpaired) electrons. The van der Waals surface area contributed by atoms with Crippen molar-refractivity contribution in [2.24, 2.45) is 18.9 Å². The summed E-state index contributed by atoms with van der Waals surface area (Å²) in [5.41, 5.74) is 2.52. The molecule has 1 N–H and O–H groups in total. The number of rotatable bonds is 9. The van der Waals surface area contributed by atoms with Gasteiger partial charge in [-0.2, -0.15) is 5.10 Å². The maximum absolute atomic E-state index is 5.06. The summed E-state index contributed by atoms with van der Waals surface area (Å²) in [4.78, 5) is 0. The minimum Gasteiger partial charge on any atom is -0.383 e. The third-order valence-corrected chi connectivity index (χ3v) is 3.69. The highest BCUT2D eigenvalue weighted by Gasteiger charge is 2.16. The van der Waals surface area contributed by atoms with Crippen LogP contribution in [-0.2, 0) is 24.6 Å². The van der Waals surface area contributed by atoms with E-state index in [1.165, 1.54) is 11.4 Å². The second kappa shape index (κ2) is 8.33. The molecule has 1 rings (SSSR count). The van der Waals surface area contributed by atoms with E-state index in [2.05, 4.69) is 37.3 Å². The minimum absolute atomic E-state index is 0.636. The fourth-order valence-electron chi connectivity index (χ4n) is 2.21. The van der Waals surface area contributed by atoms with Gasteiger partial charge in [0, 0.05) is 26.4 Å². The van der Waals surface area contributed by atoms with Crippen molar-refractivity contribution in [1.82, 2.24) is 15.1 Å². The lowest BCUT2D eigenvalue weighted by Crippen LogP contribution is -2.30. The zero-order valence-electron chi connectivity index (χ0n) is 13.1.